The third-order valence-electron chi connectivity index (χ3n) is 2.78. The van der Waals surface area contributed by atoms with E-state index in [1.54, 1.807) is 0 Å². The van der Waals surface area contributed by atoms with E-state index in [1.165, 1.54) is 25.9 Å². The first kappa shape index (κ1) is 10.8. The van der Waals surface area contributed by atoms with Gasteiger partial charge >= 0.3 is 0 Å². The molecule has 0 radical (unpaired) electrons. The second kappa shape index (κ2) is 5.38. The highest BCUT2D eigenvalue weighted by Crippen LogP contribution is 2.14. The molecule has 1 heterocycles. The van der Waals surface area contributed by atoms with Crippen LogP contribution in [0.1, 0.15) is 12.8 Å². The fraction of sp³-hybridized carbons (Fsp3) is 0.500. The van der Waals surface area contributed by atoms with Crippen molar-refractivity contribution in [3.63, 3.8) is 0 Å². The first-order valence-corrected chi connectivity index (χ1v) is 5.94. The highest BCUT2D eigenvalue weighted by Gasteiger charge is 2.09. The average molecular weight is 225 g/mol. The van der Waals surface area contributed by atoms with Gasteiger partial charge in [-0.2, -0.15) is 0 Å². The molecule has 0 amide bonds. The Kier molecular flexibility index (Phi) is 3.87. The van der Waals surface area contributed by atoms with Gasteiger partial charge in [-0.15, -0.1) is 0 Å². The van der Waals surface area contributed by atoms with Crippen molar-refractivity contribution in [2.75, 3.05) is 31.5 Å². The molecule has 2 rings (SSSR count). The van der Waals surface area contributed by atoms with Crippen LogP contribution in [-0.2, 0) is 0 Å². The van der Waals surface area contributed by atoms with E-state index in [1.807, 2.05) is 18.2 Å². The number of hydrogen-bond donors (Lipinski definition) is 1. The van der Waals surface area contributed by atoms with Crippen molar-refractivity contribution < 1.29 is 0 Å². The second-order valence-corrected chi connectivity index (χ2v) is 4.42. The molecule has 0 aromatic heterocycles. The molecule has 0 unspecified atom stereocenters. The van der Waals surface area contributed by atoms with Crippen molar-refractivity contribution >= 4 is 17.3 Å². The Hall–Kier alpha value is -0.730. The van der Waals surface area contributed by atoms with Gasteiger partial charge in [-0.05, 0) is 44.1 Å². The van der Waals surface area contributed by atoms with Gasteiger partial charge < -0.3 is 10.2 Å². The summed E-state index contributed by atoms with van der Waals surface area (Å²) < 4.78 is 0. The summed E-state index contributed by atoms with van der Waals surface area (Å²) in [5.74, 6) is 0. The number of rotatable bonds is 4. The highest BCUT2D eigenvalue weighted by molar-refractivity contribution is 6.30. The zero-order valence-corrected chi connectivity index (χ0v) is 9.63. The van der Waals surface area contributed by atoms with E-state index in [9.17, 15) is 0 Å². The lowest BCUT2D eigenvalue weighted by atomic mass is 10.3. The molecule has 0 spiro atoms. The number of likely N-dealkylation sites (tertiary alicyclic amines) is 1. The summed E-state index contributed by atoms with van der Waals surface area (Å²) in [4.78, 5) is 2.50. The summed E-state index contributed by atoms with van der Waals surface area (Å²) in [7, 11) is 0. The Bertz CT molecular complexity index is 308. The fourth-order valence-corrected chi connectivity index (χ4v) is 2.15. The fourth-order valence-electron chi connectivity index (χ4n) is 1.96. The zero-order chi connectivity index (χ0) is 10.5. The smallest absolute Gasteiger partial charge is 0.0426 e. The first-order valence-electron chi connectivity index (χ1n) is 5.56. The van der Waals surface area contributed by atoms with Crippen molar-refractivity contribution in [1.29, 1.82) is 0 Å². The molecule has 15 heavy (non-hydrogen) atoms. The molecule has 1 aliphatic heterocycles. The van der Waals surface area contributed by atoms with Gasteiger partial charge in [-0.1, -0.05) is 17.7 Å². The summed E-state index contributed by atoms with van der Waals surface area (Å²) in [5, 5.41) is 4.18. The van der Waals surface area contributed by atoms with Gasteiger partial charge in [0.1, 0.15) is 0 Å². The Morgan fingerprint density at radius 3 is 2.80 bits per heavy atom. The predicted molar refractivity (Wildman–Crippen MR) is 65.6 cm³/mol. The number of benzene rings is 1. The topological polar surface area (TPSA) is 15.3 Å². The molecule has 0 aliphatic carbocycles. The predicted octanol–water partition coefficient (Wildman–Crippen LogP) is 2.85. The minimum Gasteiger partial charge on any atom is -0.384 e. The molecule has 3 heteroatoms. The standard InChI is InChI=1S/C12H17ClN2/c13-11-4-3-5-12(10-11)14-6-9-15-7-1-2-8-15/h3-5,10,14H,1-2,6-9H2. The molecule has 0 bridgehead atoms. The van der Waals surface area contributed by atoms with Gasteiger partial charge in [0.2, 0.25) is 0 Å². The lowest BCUT2D eigenvalue weighted by Crippen LogP contribution is -2.25. The molecular weight excluding hydrogens is 208 g/mol. The molecule has 1 aromatic rings. The molecule has 2 nitrogen and oxygen atoms in total. The first-order chi connectivity index (χ1) is 7.34. The number of halogens is 1. The van der Waals surface area contributed by atoms with Crippen LogP contribution in [-0.4, -0.2) is 31.1 Å². The van der Waals surface area contributed by atoms with Crippen LogP contribution in [0.4, 0.5) is 5.69 Å². The largest absolute Gasteiger partial charge is 0.384 e. The number of nitrogens with zero attached hydrogens (tertiary/aromatic N) is 1. The van der Waals surface area contributed by atoms with E-state index in [-0.39, 0.29) is 0 Å². The number of nitrogens with one attached hydrogen (secondary N) is 1. The van der Waals surface area contributed by atoms with Crippen LogP contribution < -0.4 is 5.32 Å². The Morgan fingerprint density at radius 1 is 1.27 bits per heavy atom. The van der Waals surface area contributed by atoms with Crippen LogP contribution in [0, 0.1) is 0 Å². The van der Waals surface area contributed by atoms with Crippen molar-refractivity contribution in [1.82, 2.24) is 4.90 Å². The summed E-state index contributed by atoms with van der Waals surface area (Å²) in [6.45, 7) is 4.65. The maximum absolute atomic E-state index is 5.90. The minimum atomic E-state index is 0.793. The Labute approximate surface area is 96.2 Å². The average Bonchev–Trinajstić information content (AvgIpc) is 2.71. The second-order valence-electron chi connectivity index (χ2n) is 3.99. The van der Waals surface area contributed by atoms with Crippen LogP contribution in [0.3, 0.4) is 0 Å². The Balaban J connectivity index is 1.73. The van der Waals surface area contributed by atoms with E-state index in [0.717, 1.165) is 23.8 Å². The lowest BCUT2D eigenvalue weighted by molar-refractivity contribution is 0.352. The van der Waals surface area contributed by atoms with Gasteiger partial charge in [0.25, 0.3) is 0 Å². The third kappa shape index (κ3) is 3.40. The van der Waals surface area contributed by atoms with E-state index in [2.05, 4.69) is 16.3 Å². The quantitative estimate of drug-likeness (QED) is 0.846. The van der Waals surface area contributed by atoms with Crippen LogP contribution in [0.15, 0.2) is 24.3 Å². The SMILES string of the molecule is Clc1cccc(NCCN2CCCC2)c1. The van der Waals surface area contributed by atoms with Crippen LogP contribution >= 0.6 is 11.6 Å². The molecular formula is C12H17ClN2. The molecule has 1 saturated heterocycles. The van der Waals surface area contributed by atoms with Gasteiger partial charge in [-0.25, -0.2) is 0 Å². The molecule has 1 aromatic carbocycles. The zero-order valence-electron chi connectivity index (χ0n) is 8.88. The molecule has 1 N–H and O–H groups in total. The third-order valence-corrected chi connectivity index (χ3v) is 3.02. The van der Waals surface area contributed by atoms with E-state index >= 15 is 0 Å². The normalized spacial score (nSPS) is 16.9. The molecule has 1 fully saturated rings. The van der Waals surface area contributed by atoms with E-state index < -0.39 is 0 Å². The molecule has 82 valence electrons. The van der Waals surface area contributed by atoms with Crippen molar-refractivity contribution in [3.8, 4) is 0 Å². The molecule has 0 atom stereocenters. The number of hydrogen-bond acceptors (Lipinski definition) is 2. The van der Waals surface area contributed by atoms with Crippen molar-refractivity contribution in [2.45, 2.75) is 12.8 Å². The lowest BCUT2D eigenvalue weighted by Gasteiger charge is -2.15. The minimum absolute atomic E-state index is 0.793. The van der Waals surface area contributed by atoms with Gasteiger partial charge in [0.05, 0.1) is 0 Å². The van der Waals surface area contributed by atoms with Gasteiger partial charge in [-0.3, -0.25) is 0 Å². The van der Waals surface area contributed by atoms with Gasteiger partial charge in [0.15, 0.2) is 0 Å². The van der Waals surface area contributed by atoms with Crippen LogP contribution in [0.5, 0.6) is 0 Å². The summed E-state index contributed by atoms with van der Waals surface area (Å²) in [6.07, 6.45) is 2.72. The van der Waals surface area contributed by atoms with E-state index in [4.69, 9.17) is 11.6 Å². The molecule has 0 saturated carbocycles. The van der Waals surface area contributed by atoms with Crippen molar-refractivity contribution in [3.05, 3.63) is 29.3 Å². The van der Waals surface area contributed by atoms with Crippen LogP contribution in [0.2, 0.25) is 5.02 Å². The maximum Gasteiger partial charge on any atom is 0.0426 e. The summed E-state index contributed by atoms with van der Waals surface area (Å²) in [6, 6.07) is 7.88. The molecule has 1 aliphatic rings. The van der Waals surface area contributed by atoms with Crippen LogP contribution in [0.25, 0.3) is 0 Å². The summed E-state index contributed by atoms with van der Waals surface area (Å²) >= 11 is 5.90. The monoisotopic (exact) mass is 224 g/mol. The van der Waals surface area contributed by atoms with Crippen molar-refractivity contribution in [2.24, 2.45) is 0 Å². The number of anilines is 1. The Morgan fingerprint density at radius 2 is 2.07 bits per heavy atom. The summed E-state index contributed by atoms with van der Waals surface area (Å²) in [5.41, 5.74) is 1.11. The van der Waals surface area contributed by atoms with E-state index in [0.29, 0.717) is 0 Å². The maximum atomic E-state index is 5.90. The van der Waals surface area contributed by atoms with Gasteiger partial charge in [0, 0.05) is 23.8 Å². The highest BCUT2D eigenvalue weighted by atomic mass is 35.5.